The second-order valence-electron chi connectivity index (χ2n) is 6.34. The first-order valence-electron chi connectivity index (χ1n) is 8.69. The van der Waals surface area contributed by atoms with Gasteiger partial charge in [-0.2, -0.15) is 0 Å². The number of benzene rings is 2. The Balaban J connectivity index is 1.55. The van der Waals surface area contributed by atoms with Crippen LogP contribution >= 0.6 is 11.6 Å². The molecule has 1 fully saturated rings. The molecule has 27 heavy (non-hydrogen) atoms. The molecule has 0 aliphatic carbocycles. The molecule has 2 aromatic carbocycles. The molecular weight excluding hydrogens is 366 g/mol. The zero-order chi connectivity index (χ0) is 19.4. The Hall–Kier alpha value is -2.86. The topological polar surface area (TPSA) is 78.5 Å². The van der Waals surface area contributed by atoms with Gasteiger partial charge < -0.3 is 15.5 Å². The second kappa shape index (κ2) is 8.22. The molecule has 1 aliphatic rings. The zero-order valence-electron chi connectivity index (χ0n) is 14.9. The number of hydrogen-bond donors (Lipinski definition) is 2. The highest BCUT2D eigenvalue weighted by Crippen LogP contribution is 2.23. The van der Waals surface area contributed by atoms with E-state index in [1.165, 1.54) is 0 Å². The van der Waals surface area contributed by atoms with E-state index in [9.17, 15) is 14.4 Å². The Morgan fingerprint density at radius 2 is 1.89 bits per heavy atom. The summed E-state index contributed by atoms with van der Waals surface area (Å²) >= 11 is 6.03. The molecule has 1 aliphatic heterocycles. The Bertz CT molecular complexity index is 881. The van der Waals surface area contributed by atoms with Crippen molar-refractivity contribution in [2.45, 2.75) is 19.8 Å². The first kappa shape index (κ1) is 18.9. The molecule has 3 amide bonds. The van der Waals surface area contributed by atoms with Crippen LogP contribution in [-0.2, 0) is 9.59 Å². The summed E-state index contributed by atoms with van der Waals surface area (Å²) in [5.41, 5.74) is 2.59. The SMILES string of the molecule is Cc1c(Cl)cccc1NC(=O)CNC(=O)c1ccc(N2CCCC2=O)cc1. The van der Waals surface area contributed by atoms with Gasteiger partial charge in [0.25, 0.3) is 5.91 Å². The Morgan fingerprint density at radius 3 is 2.56 bits per heavy atom. The summed E-state index contributed by atoms with van der Waals surface area (Å²) < 4.78 is 0. The van der Waals surface area contributed by atoms with E-state index >= 15 is 0 Å². The maximum Gasteiger partial charge on any atom is 0.251 e. The van der Waals surface area contributed by atoms with Gasteiger partial charge >= 0.3 is 0 Å². The molecule has 7 heteroatoms. The quantitative estimate of drug-likeness (QED) is 0.829. The van der Waals surface area contributed by atoms with Gasteiger partial charge in [0.15, 0.2) is 0 Å². The molecule has 0 bridgehead atoms. The molecule has 0 saturated carbocycles. The van der Waals surface area contributed by atoms with E-state index in [1.54, 1.807) is 47.4 Å². The molecule has 0 spiro atoms. The molecule has 0 atom stereocenters. The number of carbonyl (C=O) groups excluding carboxylic acids is 3. The number of nitrogens with zero attached hydrogens (tertiary/aromatic N) is 1. The van der Waals surface area contributed by atoms with Crippen molar-refractivity contribution < 1.29 is 14.4 Å². The summed E-state index contributed by atoms with van der Waals surface area (Å²) in [6.07, 6.45) is 1.41. The fourth-order valence-corrected chi connectivity index (χ4v) is 3.09. The summed E-state index contributed by atoms with van der Waals surface area (Å²) in [7, 11) is 0. The summed E-state index contributed by atoms with van der Waals surface area (Å²) in [4.78, 5) is 37.8. The second-order valence-corrected chi connectivity index (χ2v) is 6.75. The first-order valence-corrected chi connectivity index (χ1v) is 9.07. The van der Waals surface area contributed by atoms with E-state index in [2.05, 4.69) is 10.6 Å². The van der Waals surface area contributed by atoms with Crippen LogP contribution in [-0.4, -0.2) is 30.8 Å². The van der Waals surface area contributed by atoms with Gasteiger partial charge in [0.1, 0.15) is 0 Å². The lowest BCUT2D eigenvalue weighted by Crippen LogP contribution is -2.33. The van der Waals surface area contributed by atoms with E-state index in [-0.39, 0.29) is 24.3 Å². The molecule has 1 heterocycles. The van der Waals surface area contributed by atoms with E-state index in [0.717, 1.165) is 17.7 Å². The molecule has 1 saturated heterocycles. The molecule has 0 unspecified atom stereocenters. The van der Waals surface area contributed by atoms with Gasteiger partial charge in [-0.1, -0.05) is 17.7 Å². The number of anilines is 2. The van der Waals surface area contributed by atoms with Gasteiger partial charge in [-0.25, -0.2) is 0 Å². The van der Waals surface area contributed by atoms with Crippen LogP contribution in [0.5, 0.6) is 0 Å². The summed E-state index contributed by atoms with van der Waals surface area (Å²) in [6.45, 7) is 2.35. The predicted molar refractivity (Wildman–Crippen MR) is 105 cm³/mol. The van der Waals surface area contributed by atoms with Crippen LogP contribution in [0.2, 0.25) is 5.02 Å². The fraction of sp³-hybridized carbons (Fsp3) is 0.250. The van der Waals surface area contributed by atoms with Gasteiger partial charge in [0, 0.05) is 34.9 Å². The van der Waals surface area contributed by atoms with E-state index < -0.39 is 0 Å². The summed E-state index contributed by atoms with van der Waals surface area (Å²) in [6, 6.07) is 12.0. The molecule has 6 nitrogen and oxygen atoms in total. The summed E-state index contributed by atoms with van der Waals surface area (Å²) in [5, 5.41) is 5.88. The minimum absolute atomic E-state index is 0.0974. The standard InChI is InChI=1S/C20H20ClN3O3/c1-13-16(21)4-2-5-17(13)23-18(25)12-22-20(27)14-7-9-15(10-8-14)24-11-3-6-19(24)26/h2,4-5,7-10H,3,6,11-12H2,1H3,(H,22,27)(H,23,25). The molecule has 3 rings (SSSR count). The molecule has 2 N–H and O–H groups in total. The van der Waals surface area contributed by atoms with Crippen LogP contribution in [0.4, 0.5) is 11.4 Å². The fourth-order valence-electron chi connectivity index (χ4n) is 2.91. The zero-order valence-corrected chi connectivity index (χ0v) is 15.7. The van der Waals surface area contributed by atoms with Gasteiger partial charge in [0.2, 0.25) is 11.8 Å². The van der Waals surface area contributed by atoms with Gasteiger partial charge in [-0.3, -0.25) is 14.4 Å². The van der Waals surface area contributed by atoms with Crippen molar-refractivity contribution in [3.63, 3.8) is 0 Å². The number of halogens is 1. The van der Waals surface area contributed by atoms with Gasteiger partial charge in [-0.05, 0) is 55.3 Å². The van der Waals surface area contributed by atoms with Gasteiger partial charge in [-0.15, -0.1) is 0 Å². The minimum atomic E-state index is -0.354. The van der Waals surface area contributed by atoms with Crippen molar-refractivity contribution in [1.82, 2.24) is 5.32 Å². The van der Waals surface area contributed by atoms with Crippen molar-refractivity contribution in [1.29, 1.82) is 0 Å². The molecule has 0 aromatic heterocycles. The van der Waals surface area contributed by atoms with Crippen LogP contribution in [0.1, 0.15) is 28.8 Å². The molecule has 140 valence electrons. The number of nitrogens with one attached hydrogen (secondary N) is 2. The Kier molecular flexibility index (Phi) is 5.76. The largest absolute Gasteiger partial charge is 0.343 e. The third-order valence-electron chi connectivity index (χ3n) is 4.47. The molecular formula is C20H20ClN3O3. The van der Waals surface area contributed by atoms with Crippen LogP contribution in [0.3, 0.4) is 0 Å². The average Bonchev–Trinajstić information content (AvgIpc) is 3.09. The Morgan fingerprint density at radius 1 is 1.15 bits per heavy atom. The van der Waals surface area contributed by atoms with Gasteiger partial charge in [0.05, 0.1) is 6.54 Å². The molecule has 2 aromatic rings. The van der Waals surface area contributed by atoms with Crippen LogP contribution < -0.4 is 15.5 Å². The smallest absolute Gasteiger partial charge is 0.251 e. The van der Waals surface area contributed by atoms with Crippen LogP contribution in [0.25, 0.3) is 0 Å². The van der Waals surface area contributed by atoms with Crippen molar-refractivity contribution in [3.05, 3.63) is 58.6 Å². The highest BCUT2D eigenvalue weighted by Gasteiger charge is 2.21. The lowest BCUT2D eigenvalue weighted by atomic mass is 10.2. The predicted octanol–water partition coefficient (Wildman–Crippen LogP) is 3.14. The highest BCUT2D eigenvalue weighted by atomic mass is 35.5. The van der Waals surface area contributed by atoms with E-state index in [0.29, 0.717) is 29.2 Å². The van der Waals surface area contributed by atoms with Crippen molar-refractivity contribution in [2.75, 3.05) is 23.3 Å². The summed E-state index contributed by atoms with van der Waals surface area (Å²) in [5.74, 6) is -0.597. The van der Waals surface area contributed by atoms with Crippen LogP contribution in [0, 0.1) is 6.92 Å². The maximum absolute atomic E-state index is 12.2. The number of rotatable bonds is 5. The molecule has 0 radical (unpaired) electrons. The first-order chi connectivity index (χ1) is 13.0. The highest BCUT2D eigenvalue weighted by molar-refractivity contribution is 6.31. The van der Waals surface area contributed by atoms with E-state index in [4.69, 9.17) is 11.6 Å². The third kappa shape index (κ3) is 4.46. The Labute approximate surface area is 162 Å². The van der Waals surface area contributed by atoms with E-state index in [1.807, 2.05) is 6.92 Å². The monoisotopic (exact) mass is 385 g/mol. The van der Waals surface area contributed by atoms with Crippen molar-refractivity contribution >= 4 is 40.7 Å². The lowest BCUT2D eigenvalue weighted by Gasteiger charge is -2.15. The normalized spacial score (nSPS) is 13.6. The third-order valence-corrected chi connectivity index (χ3v) is 4.88. The van der Waals surface area contributed by atoms with Crippen molar-refractivity contribution in [2.24, 2.45) is 0 Å². The lowest BCUT2D eigenvalue weighted by molar-refractivity contribution is -0.117. The minimum Gasteiger partial charge on any atom is -0.343 e. The van der Waals surface area contributed by atoms with Crippen molar-refractivity contribution in [3.8, 4) is 0 Å². The maximum atomic E-state index is 12.2. The average molecular weight is 386 g/mol. The van der Waals surface area contributed by atoms with Crippen LogP contribution in [0.15, 0.2) is 42.5 Å². The number of amides is 3. The number of hydrogen-bond acceptors (Lipinski definition) is 3. The number of carbonyl (C=O) groups is 3.